The van der Waals surface area contributed by atoms with E-state index in [0.717, 1.165) is 48.3 Å². The molecule has 1 saturated heterocycles. The van der Waals surface area contributed by atoms with Gasteiger partial charge in [-0.2, -0.15) is 5.10 Å². The SMILES string of the molecule is CN(C)CC1CCCN(C(=O)c2ccc(-n3cc(-c4n[nH]c5ccccc45)nn3)cc2)C1. The number of carbonyl (C=O) groups is 1. The van der Waals surface area contributed by atoms with E-state index in [-0.39, 0.29) is 5.91 Å². The number of H-pyrrole nitrogens is 1. The summed E-state index contributed by atoms with van der Waals surface area (Å²) in [6.45, 7) is 2.67. The number of amides is 1. The first kappa shape index (κ1) is 20.4. The van der Waals surface area contributed by atoms with Crippen molar-refractivity contribution < 1.29 is 4.79 Å². The summed E-state index contributed by atoms with van der Waals surface area (Å²) in [4.78, 5) is 17.2. The number of aromatic amines is 1. The number of aromatic nitrogens is 5. The minimum atomic E-state index is 0.0993. The van der Waals surface area contributed by atoms with Crippen molar-refractivity contribution in [2.24, 2.45) is 5.92 Å². The van der Waals surface area contributed by atoms with Gasteiger partial charge in [-0.1, -0.05) is 23.4 Å². The highest BCUT2D eigenvalue weighted by Crippen LogP contribution is 2.25. The summed E-state index contributed by atoms with van der Waals surface area (Å²) in [5.74, 6) is 0.635. The quantitative estimate of drug-likeness (QED) is 0.527. The Bertz CT molecular complexity index is 1220. The van der Waals surface area contributed by atoms with Gasteiger partial charge in [0.2, 0.25) is 0 Å². The summed E-state index contributed by atoms with van der Waals surface area (Å²) in [5.41, 5.74) is 3.99. The number of hydrogen-bond donors (Lipinski definition) is 1. The van der Waals surface area contributed by atoms with Crippen molar-refractivity contribution in [1.29, 1.82) is 0 Å². The Labute approximate surface area is 186 Å². The number of nitrogens with one attached hydrogen (secondary N) is 1. The summed E-state index contributed by atoms with van der Waals surface area (Å²) in [5, 5.41) is 17.0. The minimum Gasteiger partial charge on any atom is -0.338 e. The summed E-state index contributed by atoms with van der Waals surface area (Å²) in [7, 11) is 4.17. The minimum absolute atomic E-state index is 0.0993. The lowest BCUT2D eigenvalue weighted by Gasteiger charge is -2.34. The number of likely N-dealkylation sites (tertiary alicyclic amines) is 1. The molecule has 1 unspecified atom stereocenters. The Morgan fingerprint density at radius 3 is 2.78 bits per heavy atom. The molecular formula is C24H27N7O. The van der Waals surface area contributed by atoms with Gasteiger partial charge in [0.05, 0.1) is 17.4 Å². The first-order chi connectivity index (χ1) is 15.6. The van der Waals surface area contributed by atoms with Crippen LogP contribution in [0.15, 0.2) is 54.7 Å². The molecule has 1 aliphatic rings. The lowest BCUT2D eigenvalue weighted by atomic mass is 9.97. The van der Waals surface area contributed by atoms with E-state index >= 15 is 0 Å². The van der Waals surface area contributed by atoms with Gasteiger partial charge in [-0.3, -0.25) is 9.89 Å². The number of carbonyl (C=O) groups excluding carboxylic acids is 1. The van der Waals surface area contributed by atoms with Crippen molar-refractivity contribution in [3.05, 3.63) is 60.3 Å². The number of nitrogens with zero attached hydrogens (tertiary/aromatic N) is 6. The Morgan fingerprint density at radius 2 is 1.97 bits per heavy atom. The monoisotopic (exact) mass is 429 g/mol. The average Bonchev–Trinajstić information content (AvgIpc) is 3.46. The molecule has 1 aliphatic heterocycles. The van der Waals surface area contributed by atoms with Gasteiger partial charge in [-0.05, 0) is 63.2 Å². The van der Waals surface area contributed by atoms with E-state index in [4.69, 9.17) is 0 Å². The maximum Gasteiger partial charge on any atom is 0.253 e. The van der Waals surface area contributed by atoms with Crippen LogP contribution in [-0.4, -0.2) is 74.6 Å². The maximum absolute atomic E-state index is 13.0. The van der Waals surface area contributed by atoms with Gasteiger partial charge in [0.1, 0.15) is 11.4 Å². The zero-order valence-corrected chi connectivity index (χ0v) is 18.4. The third-order valence-electron chi connectivity index (χ3n) is 6.01. The molecule has 1 fully saturated rings. The van der Waals surface area contributed by atoms with Crippen molar-refractivity contribution in [2.75, 3.05) is 33.7 Å². The predicted molar refractivity (Wildman–Crippen MR) is 124 cm³/mol. The van der Waals surface area contributed by atoms with Crippen molar-refractivity contribution in [1.82, 2.24) is 35.0 Å². The van der Waals surface area contributed by atoms with E-state index in [2.05, 4.69) is 39.5 Å². The lowest BCUT2D eigenvalue weighted by Crippen LogP contribution is -2.42. The molecule has 0 radical (unpaired) electrons. The van der Waals surface area contributed by atoms with Crippen LogP contribution in [0, 0.1) is 5.92 Å². The van der Waals surface area contributed by atoms with E-state index in [1.54, 1.807) is 4.68 Å². The standard InChI is InChI=1S/C24H27N7O/c1-29(2)14-17-6-5-13-30(15-17)24(32)18-9-11-19(12-10-18)31-16-22(26-28-31)23-20-7-3-4-8-21(20)25-27-23/h3-4,7-12,16-17H,5-6,13-15H2,1-2H3,(H,25,27). The van der Waals surface area contributed by atoms with Crippen LogP contribution in [0.1, 0.15) is 23.2 Å². The first-order valence-electron chi connectivity index (χ1n) is 11.0. The smallest absolute Gasteiger partial charge is 0.253 e. The fourth-order valence-electron chi connectivity index (χ4n) is 4.51. The summed E-state index contributed by atoms with van der Waals surface area (Å²) in [6.07, 6.45) is 4.10. The second kappa shape index (κ2) is 8.55. The maximum atomic E-state index is 13.0. The molecule has 0 spiro atoms. The normalized spacial score (nSPS) is 16.7. The fraction of sp³-hybridized carbons (Fsp3) is 0.333. The summed E-state index contributed by atoms with van der Waals surface area (Å²) >= 11 is 0. The van der Waals surface area contributed by atoms with Crippen molar-refractivity contribution >= 4 is 16.8 Å². The molecule has 1 amide bonds. The second-order valence-corrected chi connectivity index (χ2v) is 8.73. The molecule has 2 aromatic heterocycles. The number of rotatable bonds is 5. The largest absolute Gasteiger partial charge is 0.338 e. The molecule has 0 aliphatic carbocycles. The third kappa shape index (κ3) is 4.01. The van der Waals surface area contributed by atoms with Crippen LogP contribution in [0.2, 0.25) is 0 Å². The molecule has 1 N–H and O–H groups in total. The highest BCUT2D eigenvalue weighted by Gasteiger charge is 2.25. The van der Waals surface area contributed by atoms with Gasteiger partial charge >= 0.3 is 0 Å². The number of para-hydroxylation sites is 1. The van der Waals surface area contributed by atoms with Crippen molar-refractivity contribution in [3.63, 3.8) is 0 Å². The molecule has 4 aromatic rings. The van der Waals surface area contributed by atoms with E-state index in [1.807, 2.05) is 59.6 Å². The summed E-state index contributed by atoms with van der Waals surface area (Å²) < 4.78 is 1.71. The van der Waals surface area contributed by atoms with Gasteiger partial charge in [-0.25, -0.2) is 4.68 Å². The molecule has 0 bridgehead atoms. The van der Waals surface area contributed by atoms with Crippen molar-refractivity contribution in [3.8, 4) is 17.1 Å². The number of benzene rings is 2. The fourth-order valence-corrected chi connectivity index (χ4v) is 4.51. The van der Waals surface area contributed by atoms with Gasteiger partial charge in [-0.15, -0.1) is 5.10 Å². The van der Waals surface area contributed by atoms with E-state index < -0.39 is 0 Å². The van der Waals surface area contributed by atoms with E-state index in [9.17, 15) is 4.79 Å². The number of hydrogen-bond acceptors (Lipinski definition) is 5. The highest BCUT2D eigenvalue weighted by atomic mass is 16.2. The van der Waals surface area contributed by atoms with Crippen molar-refractivity contribution in [2.45, 2.75) is 12.8 Å². The molecule has 0 saturated carbocycles. The lowest BCUT2D eigenvalue weighted by molar-refractivity contribution is 0.0655. The Kier molecular flexibility index (Phi) is 5.45. The molecule has 32 heavy (non-hydrogen) atoms. The Balaban J connectivity index is 1.31. The molecule has 1 atom stereocenters. The zero-order chi connectivity index (χ0) is 22.1. The second-order valence-electron chi connectivity index (χ2n) is 8.73. The molecule has 2 aromatic carbocycles. The van der Waals surface area contributed by atoms with Crippen LogP contribution in [0.3, 0.4) is 0 Å². The molecule has 5 rings (SSSR count). The molecular weight excluding hydrogens is 402 g/mol. The number of piperidine rings is 1. The molecule has 8 heteroatoms. The van der Waals surface area contributed by atoms with Gasteiger partial charge in [0.25, 0.3) is 5.91 Å². The van der Waals surface area contributed by atoms with Crippen LogP contribution in [0.4, 0.5) is 0 Å². The first-order valence-corrected chi connectivity index (χ1v) is 11.0. The molecule has 8 nitrogen and oxygen atoms in total. The third-order valence-corrected chi connectivity index (χ3v) is 6.01. The highest BCUT2D eigenvalue weighted by molar-refractivity contribution is 5.94. The van der Waals surface area contributed by atoms with Crippen LogP contribution in [0.5, 0.6) is 0 Å². The number of fused-ring (bicyclic) bond motifs is 1. The van der Waals surface area contributed by atoms with Gasteiger partial charge < -0.3 is 9.80 Å². The average molecular weight is 430 g/mol. The van der Waals surface area contributed by atoms with Crippen LogP contribution < -0.4 is 0 Å². The topological polar surface area (TPSA) is 82.9 Å². The van der Waals surface area contributed by atoms with Crippen LogP contribution in [0.25, 0.3) is 28.0 Å². The molecule has 164 valence electrons. The Hall–Kier alpha value is -3.52. The van der Waals surface area contributed by atoms with Gasteiger partial charge in [0, 0.05) is 30.6 Å². The van der Waals surface area contributed by atoms with E-state index in [1.165, 1.54) is 6.42 Å². The summed E-state index contributed by atoms with van der Waals surface area (Å²) in [6, 6.07) is 15.5. The molecule has 3 heterocycles. The Morgan fingerprint density at radius 1 is 1.16 bits per heavy atom. The van der Waals surface area contributed by atoms with Gasteiger partial charge in [0.15, 0.2) is 0 Å². The van der Waals surface area contributed by atoms with Crippen LogP contribution >= 0.6 is 0 Å². The van der Waals surface area contributed by atoms with Crippen LogP contribution in [-0.2, 0) is 0 Å². The zero-order valence-electron chi connectivity index (χ0n) is 18.4. The van der Waals surface area contributed by atoms with E-state index in [0.29, 0.717) is 17.2 Å². The predicted octanol–water partition coefficient (Wildman–Crippen LogP) is 3.22.